The van der Waals surface area contributed by atoms with Gasteiger partial charge in [0, 0.05) is 23.2 Å². The van der Waals surface area contributed by atoms with Gasteiger partial charge in [0.15, 0.2) is 0 Å². The van der Waals surface area contributed by atoms with Gasteiger partial charge in [0.2, 0.25) is 0 Å². The fourth-order valence-electron chi connectivity index (χ4n) is 2.08. The molecule has 4 N–H and O–H groups in total. The number of rotatable bonds is 5. The third-order valence-corrected chi connectivity index (χ3v) is 2.57. The molecule has 0 unspecified atom stereocenters. The van der Waals surface area contributed by atoms with Crippen molar-refractivity contribution in [2.45, 2.75) is 64.6 Å². The molecule has 0 saturated carbocycles. The second kappa shape index (κ2) is 4.40. The number of likely N-dealkylation sites (N-methyl/N-ethyl adjacent to an activating group) is 1. The molecule has 0 atom stereocenters. The minimum atomic E-state index is -0.162. The first-order valence-electron chi connectivity index (χ1n) is 5.63. The number of nitrogens with zero attached hydrogens (tertiary/aromatic N) is 1. The van der Waals surface area contributed by atoms with E-state index >= 15 is 0 Å². The van der Waals surface area contributed by atoms with Crippen molar-refractivity contribution in [3.63, 3.8) is 0 Å². The van der Waals surface area contributed by atoms with Gasteiger partial charge < -0.3 is 11.5 Å². The van der Waals surface area contributed by atoms with Crippen molar-refractivity contribution in [3.05, 3.63) is 0 Å². The lowest BCUT2D eigenvalue weighted by molar-refractivity contribution is 0.101. The molecule has 0 bridgehead atoms. The van der Waals surface area contributed by atoms with Crippen LogP contribution in [0.4, 0.5) is 0 Å². The molecule has 0 aromatic carbocycles. The number of hydrogen-bond acceptors (Lipinski definition) is 3. The molecule has 0 saturated heterocycles. The lowest BCUT2D eigenvalue weighted by Gasteiger charge is -2.42. The van der Waals surface area contributed by atoms with Gasteiger partial charge in [-0.3, -0.25) is 4.90 Å². The highest BCUT2D eigenvalue weighted by molar-refractivity contribution is 4.91. The summed E-state index contributed by atoms with van der Waals surface area (Å²) in [5.41, 5.74) is 11.9. The van der Waals surface area contributed by atoms with Gasteiger partial charge in [-0.2, -0.15) is 0 Å². The Hall–Kier alpha value is -0.120. The highest BCUT2D eigenvalue weighted by atomic mass is 15.2. The van der Waals surface area contributed by atoms with Gasteiger partial charge in [0.05, 0.1) is 0 Å². The Bertz CT molecular complexity index is 196. The van der Waals surface area contributed by atoms with E-state index in [2.05, 4.69) is 39.6 Å². The molecule has 3 nitrogen and oxygen atoms in total. The summed E-state index contributed by atoms with van der Waals surface area (Å²) >= 11 is 0. The monoisotopic (exact) mass is 215 g/mol. The summed E-state index contributed by atoms with van der Waals surface area (Å²) in [4.78, 5) is 2.29. The van der Waals surface area contributed by atoms with E-state index in [-0.39, 0.29) is 16.6 Å². The Morgan fingerprint density at radius 2 is 1.27 bits per heavy atom. The molecule has 0 fully saturated rings. The van der Waals surface area contributed by atoms with Crippen LogP contribution >= 0.6 is 0 Å². The third-order valence-electron chi connectivity index (χ3n) is 2.57. The van der Waals surface area contributed by atoms with E-state index in [1.807, 2.05) is 13.8 Å². The number of nitrogens with two attached hydrogens (primary N) is 2. The normalized spacial score (nSPS) is 14.8. The van der Waals surface area contributed by atoms with Crippen molar-refractivity contribution >= 4 is 0 Å². The maximum Gasteiger partial charge on any atom is 0.0226 e. The molecule has 0 radical (unpaired) electrons. The van der Waals surface area contributed by atoms with E-state index in [1.54, 1.807) is 0 Å². The van der Waals surface area contributed by atoms with Gasteiger partial charge in [-0.15, -0.1) is 0 Å². The maximum absolute atomic E-state index is 6.07. The summed E-state index contributed by atoms with van der Waals surface area (Å²) in [6.45, 7) is 13.5. The maximum atomic E-state index is 6.07. The van der Waals surface area contributed by atoms with Crippen molar-refractivity contribution in [2.75, 3.05) is 13.6 Å². The van der Waals surface area contributed by atoms with Gasteiger partial charge in [0.1, 0.15) is 0 Å². The molecule has 0 aromatic heterocycles. The molecule has 0 rings (SSSR count). The second-order valence-electron chi connectivity index (χ2n) is 6.82. The third kappa shape index (κ3) is 6.88. The van der Waals surface area contributed by atoms with E-state index in [9.17, 15) is 0 Å². The van der Waals surface area contributed by atoms with Crippen molar-refractivity contribution in [3.8, 4) is 0 Å². The van der Waals surface area contributed by atoms with Crippen LogP contribution in [0.2, 0.25) is 0 Å². The Labute approximate surface area is 95.2 Å². The van der Waals surface area contributed by atoms with Crippen LogP contribution < -0.4 is 11.5 Å². The smallest absolute Gasteiger partial charge is 0.0226 e. The quantitative estimate of drug-likeness (QED) is 0.732. The lowest BCUT2D eigenvalue weighted by Crippen LogP contribution is -2.54. The summed E-state index contributed by atoms with van der Waals surface area (Å²) < 4.78 is 0. The molecule has 92 valence electrons. The van der Waals surface area contributed by atoms with Crippen LogP contribution in [0.15, 0.2) is 0 Å². The minimum Gasteiger partial charge on any atom is -0.325 e. The first-order valence-corrected chi connectivity index (χ1v) is 5.63. The topological polar surface area (TPSA) is 55.3 Å². The molecule has 0 spiro atoms. The highest BCUT2D eigenvalue weighted by Crippen LogP contribution is 2.24. The van der Waals surface area contributed by atoms with Crippen LogP contribution in [-0.4, -0.2) is 35.1 Å². The summed E-state index contributed by atoms with van der Waals surface area (Å²) in [7, 11) is 2.11. The summed E-state index contributed by atoms with van der Waals surface area (Å²) in [5, 5.41) is 0. The van der Waals surface area contributed by atoms with E-state index < -0.39 is 0 Å². The first-order chi connectivity index (χ1) is 6.33. The standard InChI is InChI=1S/C12H29N3/c1-10(2,13)8-12(5,6)15(7)9-11(3,4)14/h8-9,13-14H2,1-7H3. The summed E-state index contributed by atoms with van der Waals surface area (Å²) in [5.74, 6) is 0. The fourth-order valence-corrected chi connectivity index (χ4v) is 2.08. The van der Waals surface area contributed by atoms with E-state index in [4.69, 9.17) is 11.5 Å². The van der Waals surface area contributed by atoms with Gasteiger partial charge in [-0.1, -0.05) is 0 Å². The van der Waals surface area contributed by atoms with E-state index in [0.717, 1.165) is 13.0 Å². The van der Waals surface area contributed by atoms with Crippen LogP contribution in [0.3, 0.4) is 0 Å². The van der Waals surface area contributed by atoms with Crippen LogP contribution in [0.5, 0.6) is 0 Å². The first kappa shape index (κ1) is 14.9. The molecule has 0 aromatic rings. The molecular weight excluding hydrogens is 186 g/mol. The van der Waals surface area contributed by atoms with Crippen molar-refractivity contribution in [1.29, 1.82) is 0 Å². The zero-order valence-corrected chi connectivity index (χ0v) is 11.5. The summed E-state index contributed by atoms with van der Waals surface area (Å²) in [6.07, 6.45) is 0.951. The lowest BCUT2D eigenvalue weighted by atomic mass is 9.86. The molecule has 0 heterocycles. The van der Waals surface area contributed by atoms with Crippen LogP contribution in [0.25, 0.3) is 0 Å². The van der Waals surface area contributed by atoms with E-state index in [1.165, 1.54) is 0 Å². The van der Waals surface area contributed by atoms with Crippen molar-refractivity contribution in [2.24, 2.45) is 11.5 Å². The molecule has 15 heavy (non-hydrogen) atoms. The predicted molar refractivity (Wildman–Crippen MR) is 67.9 cm³/mol. The number of hydrogen-bond donors (Lipinski definition) is 2. The zero-order chi connectivity index (χ0) is 12.5. The van der Waals surface area contributed by atoms with Gasteiger partial charge in [-0.25, -0.2) is 0 Å². The van der Waals surface area contributed by atoms with Crippen molar-refractivity contribution in [1.82, 2.24) is 4.90 Å². The Balaban J connectivity index is 4.46. The highest BCUT2D eigenvalue weighted by Gasteiger charge is 2.31. The Kier molecular flexibility index (Phi) is 4.36. The van der Waals surface area contributed by atoms with Gasteiger partial charge in [0.25, 0.3) is 0 Å². The van der Waals surface area contributed by atoms with Crippen LogP contribution in [-0.2, 0) is 0 Å². The Morgan fingerprint density at radius 1 is 0.867 bits per heavy atom. The SMILES string of the molecule is CN(CC(C)(C)N)C(C)(C)CC(C)(C)N. The fraction of sp³-hybridized carbons (Fsp3) is 1.00. The molecular formula is C12H29N3. The average Bonchev–Trinajstić information content (AvgIpc) is 1.75. The molecule has 0 aliphatic rings. The van der Waals surface area contributed by atoms with Crippen LogP contribution in [0.1, 0.15) is 48.0 Å². The Morgan fingerprint density at radius 3 is 1.53 bits per heavy atom. The average molecular weight is 215 g/mol. The minimum absolute atomic E-state index is 0.0783. The molecule has 0 aliphatic heterocycles. The van der Waals surface area contributed by atoms with Crippen LogP contribution in [0, 0.1) is 0 Å². The molecule has 0 aliphatic carbocycles. The summed E-state index contributed by atoms with van der Waals surface area (Å²) in [6, 6.07) is 0. The van der Waals surface area contributed by atoms with E-state index in [0.29, 0.717) is 0 Å². The second-order valence-corrected chi connectivity index (χ2v) is 6.82. The van der Waals surface area contributed by atoms with Gasteiger partial charge >= 0.3 is 0 Å². The zero-order valence-electron chi connectivity index (χ0n) is 11.5. The predicted octanol–water partition coefficient (Wildman–Crippen LogP) is 1.56. The largest absolute Gasteiger partial charge is 0.325 e. The molecule has 0 amide bonds. The van der Waals surface area contributed by atoms with Crippen molar-refractivity contribution < 1.29 is 0 Å². The molecule has 3 heteroatoms. The van der Waals surface area contributed by atoms with Gasteiger partial charge in [-0.05, 0) is 55.0 Å².